The SMILES string of the molecule is C#CCC.CCC(=O)Nc1ccc(CC)cc1.CCC(=O)ON1C(=O)CCC1=O.CCc1ccc(SC#N)cc1.C[C@H]1CCC(=O)OC1=O. The standard InChI is InChI=1S/C11H15NO.C9H9NS.C7H9NO4.C6H8O3.C4H6/c1-3-9-5-7-10(8-6-9)12-11(13)4-2;1-2-8-3-5-9(6-4-8)11-7-10;1-2-7(11)12-8-5(9)3-4-6(8)10;1-4-2-3-5(7)9-6(4)8;1-3-4-2/h5-8H,3-4H2,1-2H3,(H,12,13);3-6H,2H2,1H3;2-4H2,1H3;4H,2-3H2,1H3;1H,4H2,2H3/t;;;4-;/m...0./s1. The lowest BCUT2D eigenvalue weighted by molar-refractivity contribution is -0.197. The fourth-order valence-corrected chi connectivity index (χ4v) is 3.84. The van der Waals surface area contributed by atoms with Crippen LogP contribution < -0.4 is 5.32 Å². The number of carbonyl (C=O) groups excluding carboxylic acids is 6. The van der Waals surface area contributed by atoms with Crippen LogP contribution in [0.1, 0.15) is 97.6 Å². The normalized spacial score (nSPS) is 14.3. The number of anilines is 1. The van der Waals surface area contributed by atoms with Crippen LogP contribution in [0.2, 0.25) is 0 Å². The van der Waals surface area contributed by atoms with E-state index >= 15 is 0 Å². The first-order valence-electron chi connectivity index (χ1n) is 16.2. The number of benzene rings is 2. The molecule has 0 saturated carbocycles. The van der Waals surface area contributed by atoms with Gasteiger partial charge in [0.25, 0.3) is 11.8 Å². The van der Waals surface area contributed by atoms with Gasteiger partial charge in [-0.3, -0.25) is 24.0 Å². The maximum atomic E-state index is 11.0. The fraction of sp³-hybridized carbons (Fsp3) is 0.432. The second-order valence-corrected chi connectivity index (χ2v) is 11.2. The Morgan fingerprint density at radius 3 is 1.80 bits per heavy atom. The average molecular weight is 694 g/mol. The van der Waals surface area contributed by atoms with Crippen LogP contribution in [-0.4, -0.2) is 40.7 Å². The number of nitriles is 1. The molecule has 49 heavy (non-hydrogen) atoms. The zero-order valence-corrected chi connectivity index (χ0v) is 30.0. The van der Waals surface area contributed by atoms with Crippen LogP contribution in [0.25, 0.3) is 0 Å². The van der Waals surface area contributed by atoms with E-state index in [0.717, 1.165) is 29.8 Å². The number of cyclic esters (lactones) is 2. The lowest BCUT2D eigenvalue weighted by atomic mass is 10.0. The monoisotopic (exact) mass is 693 g/mol. The third-order valence-electron chi connectivity index (χ3n) is 6.55. The van der Waals surface area contributed by atoms with Gasteiger partial charge < -0.3 is 14.9 Å². The Labute approximate surface area is 294 Å². The summed E-state index contributed by atoms with van der Waals surface area (Å²) in [5, 5.41) is 13.7. The van der Waals surface area contributed by atoms with Crippen LogP contribution in [0, 0.1) is 28.9 Å². The highest BCUT2D eigenvalue weighted by Crippen LogP contribution is 2.17. The van der Waals surface area contributed by atoms with Crippen molar-refractivity contribution in [3.63, 3.8) is 0 Å². The number of hydrogen-bond donors (Lipinski definition) is 1. The van der Waals surface area contributed by atoms with Crippen molar-refractivity contribution in [2.75, 3.05) is 5.32 Å². The van der Waals surface area contributed by atoms with Crippen molar-refractivity contribution in [1.82, 2.24) is 5.06 Å². The van der Waals surface area contributed by atoms with Gasteiger partial charge in [0, 0.05) is 49.1 Å². The van der Waals surface area contributed by atoms with E-state index in [4.69, 9.17) is 11.7 Å². The summed E-state index contributed by atoms with van der Waals surface area (Å²) in [6.45, 7) is 11.4. The second kappa shape index (κ2) is 26.1. The third kappa shape index (κ3) is 19.5. The molecule has 0 bridgehead atoms. The van der Waals surface area contributed by atoms with Crippen molar-refractivity contribution in [3.8, 4) is 17.7 Å². The number of hydrogen-bond acceptors (Lipinski definition) is 10. The highest BCUT2D eigenvalue weighted by atomic mass is 32.2. The Bertz CT molecular complexity index is 1430. The second-order valence-electron chi connectivity index (χ2n) is 10.3. The smallest absolute Gasteiger partial charge is 0.332 e. The number of terminal acetylenes is 1. The summed E-state index contributed by atoms with van der Waals surface area (Å²) in [6.07, 6.45) is 9.67. The molecule has 1 atom stereocenters. The number of thioether (sulfide) groups is 1. The number of amides is 3. The predicted molar refractivity (Wildman–Crippen MR) is 188 cm³/mol. The van der Waals surface area contributed by atoms with E-state index in [1.807, 2.05) is 55.6 Å². The maximum Gasteiger partial charge on any atom is 0.332 e. The molecule has 2 fully saturated rings. The van der Waals surface area contributed by atoms with Crippen LogP contribution in [0.4, 0.5) is 5.69 Å². The van der Waals surface area contributed by atoms with Crippen LogP contribution in [0.5, 0.6) is 0 Å². The third-order valence-corrected chi connectivity index (χ3v) is 7.15. The number of hydroxylamine groups is 2. The maximum absolute atomic E-state index is 11.0. The molecular formula is C37H47N3O8S. The molecule has 0 aliphatic carbocycles. The number of aryl methyl sites for hydroxylation is 2. The largest absolute Gasteiger partial charge is 0.393 e. The summed E-state index contributed by atoms with van der Waals surface area (Å²) in [7, 11) is 0. The van der Waals surface area contributed by atoms with Gasteiger partial charge in [-0.25, -0.2) is 4.79 Å². The van der Waals surface area contributed by atoms with Gasteiger partial charge in [-0.2, -0.15) is 5.26 Å². The summed E-state index contributed by atoms with van der Waals surface area (Å²) in [4.78, 5) is 69.9. The van der Waals surface area contributed by atoms with Crippen molar-refractivity contribution >= 4 is 53.1 Å². The molecule has 3 amide bonds. The Balaban J connectivity index is 0.000000608. The van der Waals surface area contributed by atoms with E-state index in [0.29, 0.717) is 24.3 Å². The molecule has 0 spiro atoms. The van der Waals surface area contributed by atoms with E-state index < -0.39 is 23.8 Å². The Morgan fingerprint density at radius 2 is 1.41 bits per heavy atom. The molecular weight excluding hydrogens is 646 g/mol. The van der Waals surface area contributed by atoms with Crippen LogP contribution in [0.15, 0.2) is 53.4 Å². The summed E-state index contributed by atoms with van der Waals surface area (Å²) in [5.74, 6) is 0.165. The summed E-state index contributed by atoms with van der Waals surface area (Å²) >= 11 is 1.20. The van der Waals surface area contributed by atoms with E-state index in [1.54, 1.807) is 13.8 Å². The molecule has 1 N–H and O–H groups in total. The molecule has 12 heteroatoms. The minimum Gasteiger partial charge on any atom is -0.393 e. The molecule has 2 heterocycles. The number of imide groups is 1. The van der Waals surface area contributed by atoms with Crippen LogP contribution >= 0.6 is 11.8 Å². The molecule has 0 aromatic heterocycles. The molecule has 2 aliphatic heterocycles. The van der Waals surface area contributed by atoms with Crippen LogP contribution in [0.3, 0.4) is 0 Å². The van der Waals surface area contributed by atoms with E-state index in [9.17, 15) is 28.8 Å². The summed E-state index contributed by atoms with van der Waals surface area (Å²) in [6, 6.07) is 16.0. The van der Waals surface area contributed by atoms with Gasteiger partial charge in [-0.15, -0.1) is 17.4 Å². The minimum absolute atomic E-state index is 0.0595. The minimum atomic E-state index is -0.571. The van der Waals surface area contributed by atoms with Crippen LogP contribution in [-0.2, 0) is 51.2 Å². The van der Waals surface area contributed by atoms with Gasteiger partial charge in [-0.1, -0.05) is 65.8 Å². The number of nitrogens with zero attached hydrogens (tertiary/aromatic N) is 2. The van der Waals surface area contributed by atoms with Crippen molar-refractivity contribution in [2.45, 2.75) is 104 Å². The summed E-state index contributed by atoms with van der Waals surface area (Å²) in [5.41, 5.74) is 3.48. The first-order chi connectivity index (χ1) is 23.4. The zero-order valence-electron chi connectivity index (χ0n) is 29.2. The lowest BCUT2D eigenvalue weighted by Crippen LogP contribution is -2.31. The molecule has 4 rings (SSSR count). The molecule has 11 nitrogen and oxygen atoms in total. The Hall–Kier alpha value is -4.94. The van der Waals surface area contributed by atoms with Crippen molar-refractivity contribution in [2.24, 2.45) is 5.92 Å². The van der Waals surface area contributed by atoms with Gasteiger partial charge >= 0.3 is 17.9 Å². The summed E-state index contributed by atoms with van der Waals surface area (Å²) < 4.78 is 4.32. The molecule has 0 radical (unpaired) electrons. The molecule has 264 valence electrons. The molecule has 2 aromatic rings. The van der Waals surface area contributed by atoms with E-state index in [2.05, 4.69) is 46.8 Å². The number of ether oxygens (including phenoxy) is 1. The van der Waals surface area contributed by atoms with Gasteiger partial charge in [0.05, 0.1) is 5.92 Å². The highest BCUT2D eigenvalue weighted by Gasteiger charge is 2.32. The van der Waals surface area contributed by atoms with Gasteiger partial charge in [-0.05, 0) is 66.4 Å². The van der Waals surface area contributed by atoms with Crippen molar-refractivity contribution in [1.29, 1.82) is 5.26 Å². The topological polar surface area (TPSA) is 160 Å². The van der Waals surface area contributed by atoms with Crippen molar-refractivity contribution in [3.05, 3.63) is 59.7 Å². The number of rotatable bonds is 7. The zero-order chi connectivity index (χ0) is 37.2. The molecule has 2 aliphatic rings. The number of esters is 2. The molecule has 2 saturated heterocycles. The first kappa shape index (κ1) is 44.1. The Morgan fingerprint density at radius 1 is 0.898 bits per heavy atom. The Kier molecular flexibility index (Phi) is 23.4. The van der Waals surface area contributed by atoms with E-state index in [-0.39, 0.29) is 37.1 Å². The average Bonchev–Trinajstić information content (AvgIpc) is 3.43. The van der Waals surface area contributed by atoms with Gasteiger partial charge in [0.2, 0.25) is 5.91 Å². The highest BCUT2D eigenvalue weighted by molar-refractivity contribution is 8.03. The quantitative estimate of drug-likeness (QED) is 0.0804. The van der Waals surface area contributed by atoms with Crippen molar-refractivity contribution < 1.29 is 38.3 Å². The number of carbonyl (C=O) groups is 6. The van der Waals surface area contributed by atoms with E-state index in [1.165, 1.54) is 22.9 Å². The molecule has 2 aromatic carbocycles. The first-order valence-corrected chi connectivity index (χ1v) is 17.0. The molecule has 0 unspecified atom stereocenters. The predicted octanol–water partition coefficient (Wildman–Crippen LogP) is 6.94. The number of nitrogens with one attached hydrogen (secondary N) is 1. The number of thiocyanates is 1. The fourth-order valence-electron chi connectivity index (χ4n) is 3.46. The van der Waals surface area contributed by atoms with Gasteiger partial charge in [0.15, 0.2) is 0 Å². The van der Waals surface area contributed by atoms with Gasteiger partial charge in [0.1, 0.15) is 5.40 Å². The lowest BCUT2D eigenvalue weighted by Gasteiger charge is -2.14.